The van der Waals surface area contributed by atoms with Crippen LogP contribution in [0, 0.1) is 0 Å². The fraction of sp³-hybridized carbons (Fsp3) is 0.706. The average Bonchev–Trinajstić information content (AvgIpc) is 2.58. The van der Waals surface area contributed by atoms with E-state index < -0.39 is 0 Å². The summed E-state index contributed by atoms with van der Waals surface area (Å²) in [6.45, 7) is 8.61. The molecule has 0 unspecified atom stereocenters. The van der Waals surface area contributed by atoms with Crippen LogP contribution in [-0.2, 0) is 0 Å². The summed E-state index contributed by atoms with van der Waals surface area (Å²) >= 11 is 3.45. The van der Waals surface area contributed by atoms with E-state index in [-0.39, 0.29) is 0 Å². The Morgan fingerprint density at radius 2 is 1.67 bits per heavy atom. The van der Waals surface area contributed by atoms with Gasteiger partial charge >= 0.3 is 0 Å². The smallest absolute Gasteiger partial charge is 0.129 e. The maximum Gasteiger partial charge on any atom is 0.129 e. The molecule has 4 heteroatoms. The Balaban J connectivity index is 0.000000774. The van der Waals surface area contributed by atoms with Crippen molar-refractivity contribution in [2.75, 3.05) is 31.1 Å². The van der Waals surface area contributed by atoms with Gasteiger partial charge in [-0.2, -0.15) is 0 Å². The minimum atomic E-state index is 0.853. The zero-order chi connectivity index (χ0) is 15.1. The van der Waals surface area contributed by atoms with Gasteiger partial charge in [0.15, 0.2) is 0 Å². The molecular weight excluding hydrogens is 326 g/mol. The molecule has 0 amide bonds. The van der Waals surface area contributed by atoms with E-state index in [2.05, 4.69) is 42.8 Å². The van der Waals surface area contributed by atoms with E-state index in [1.807, 2.05) is 19.9 Å². The lowest BCUT2D eigenvalue weighted by molar-refractivity contribution is 0.147. The monoisotopic (exact) mass is 353 g/mol. The van der Waals surface area contributed by atoms with Crippen LogP contribution in [0.1, 0.15) is 46.0 Å². The summed E-state index contributed by atoms with van der Waals surface area (Å²) < 4.78 is 0.930. The molecular formula is C17H28BrN3. The molecule has 3 nitrogen and oxygen atoms in total. The summed E-state index contributed by atoms with van der Waals surface area (Å²) in [5, 5.41) is 0. The van der Waals surface area contributed by atoms with Crippen LogP contribution in [-0.4, -0.2) is 42.1 Å². The number of nitrogens with zero attached hydrogens (tertiary/aromatic N) is 3. The third-order valence-corrected chi connectivity index (χ3v) is 4.87. The largest absolute Gasteiger partial charge is 0.354 e. The highest BCUT2D eigenvalue weighted by atomic mass is 79.9. The van der Waals surface area contributed by atoms with Gasteiger partial charge in [0, 0.05) is 32.2 Å². The van der Waals surface area contributed by atoms with Crippen molar-refractivity contribution in [3.63, 3.8) is 0 Å². The van der Waals surface area contributed by atoms with Crippen LogP contribution in [0.5, 0.6) is 0 Å². The molecule has 1 saturated heterocycles. The number of pyridine rings is 1. The Morgan fingerprint density at radius 3 is 2.29 bits per heavy atom. The second-order valence-electron chi connectivity index (χ2n) is 5.63. The topological polar surface area (TPSA) is 19.4 Å². The third kappa shape index (κ3) is 4.68. The van der Waals surface area contributed by atoms with Gasteiger partial charge in [0.25, 0.3) is 0 Å². The summed E-state index contributed by atoms with van der Waals surface area (Å²) in [7, 11) is 0. The van der Waals surface area contributed by atoms with Crippen molar-refractivity contribution in [1.82, 2.24) is 9.88 Å². The molecule has 118 valence electrons. The molecule has 3 rings (SSSR count). The number of anilines is 1. The molecule has 1 saturated carbocycles. The molecule has 1 aliphatic heterocycles. The molecule has 1 aromatic rings. The van der Waals surface area contributed by atoms with E-state index in [0.717, 1.165) is 29.6 Å². The van der Waals surface area contributed by atoms with Gasteiger partial charge in [-0.25, -0.2) is 4.98 Å². The third-order valence-electron chi connectivity index (χ3n) is 4.43. The fourth-order valence-electron chi connectivity index (χ4n) is 3.34. The van der Waals surface area contributed by atoms with Gasteiger partial charge in [-0.15, -0.1) is 0 Å². The minimum Gasteiger partial charge on any atom is -0.354 e. The number of rotatable bonds is 2. The molecule has 0 N–H and O–H groups in total. The first-order valence-corrected chi connectivity index (χ1v) is 9.24. The molecule has 1 aromatic heterocycles. The molecule has 0 bridgehead atoms. The van der Waals surface area contributed by atoms with Crippen molar-refractivity contribution in [3.05, 3.63) is 22.8 Å². The Kier molecular flexibility index (Phi) is 6.97. The highest BCUT2D eigenvalue weighted by molar-refractivity contribution is 9.10. The van der Waals surface area contributed by atoms with E-state index >= 15 is 0 Å². The Bertz CT molecular complexity index is 410. The first-order chi connectivity index (χ1) is 10.3. The summed E-state index contributed by atoms with van der Waals surface area (Å²) in [6, 6.07) is 7.02. The number of piperazine rings is 1. The van der Waals surface area contributed by atoms with Crippen LogP contribution >= 0.6 is 15.9 Å². The zero-order valence-electron chi connectivity index (χ0n) is 13.4. The highest BCUT2D eigenvalue weighted by Crippen LogP contribution is 2.24. The lowest BCUT2D eigenvalue weighted by Crippen LogP contribution is -2.51. The Morgan fingerprint density at radius 1 is 1.00 bits per heavy atom. The fourth-order valence-corrected chi connectivity index (χ4v) is 3.67. The van der Waals surface area contributed by atoms with Crippen LogP contribution in [0.25, 0.3) is 0 Å². The predicted molar refractivity (Wildman–Crippen MR) is 93.9 cm³/mol. The lowest BCUT2D eigenvalue weighted by Gasteiger charge is -2.41. The average molecular weight is 354 g/mol. The molecule has 0 atom stereocenters. The maximum absolute atomic E-state index is 4.56. The van der Waals surface area contributed by atoms with Crippen molar-refractivity contribution < 1.29 is 0 Å². The molecule has 21 heavy (non-hydrogen) atoms. The SMILES string of the molecule is Brc1cccc(N2CCN(C3CCCCC3)CC2)n1.CC. The van der Waals surface area contributed by atoms with E-state index in [9.17, 15) is 0 Å². The standard InChI is InChI=1S/C15H22BrN3.C2H6/c16-14-7-4-8-15(17-14)19-11-9-18(10-12-19)13-5-2-1-3-6-13;1-2/h4,7-8,13H,1-3,5-6,9-12H2;1-2H3. The Hall–Kier alpha value is -0.610. The first-order valence-electron chi connectivity index (χ1n) is 8.44. The van der Waals surface area contributed by atoms with Crippen molar-refractivity contribution in [3.8, 4) is 0 Å². The van der Waals surface area contributed by atoms with Crippen LogP contribution in [0.3, 0.4) is 0 Å². The maximum atomic E-state index is 4.56. The number of hydrogen-bond donors (Lipinski definition) is 0. The molecule has 1 aliphatic carbocycles. The van der Waals surface area contributed by atoms with Gasteiger partial charge in [0.2, 0.25) is 0 Å². The summed E-state index contributed by atoms with van der Waals surface area (Å²) in [6.07, 6.45) is 7.12. The zero-order valence-corrected chi connectivity index (χ0v) is 15.0. The summed E-state index contributed by atoms with van der Waals surface area (Å²) in [5.74, 6) is 1.11. The van der Waals surface area contributed by atoms with E-state index in [0.29, 0.717) is 0 Å². The second-order valence-corrected chi connectivity index (χ2v) is 6.45. The van der Waals surface area contributed by atoms with Gasteiger partial charge in [0.1, 0.15) is 10.4 Å². The lowest BCUT2D eigenvalue weighted by atomic mass is 9.94. The predicted octanol–water partition coefficient (Wildman–Crippen LogP) is 4.33. The van der Waals surface area contributed by atoms with Gasteiger partial charge in [0.05, 0.1) is 0 Å². The Labute approximate surface area is 137 Å². The molecule has 0 spiro atoms. The number of aromatic nitrogens is 1. The quantitative estimate of drug-likeness (QED) is 0.737. The number of halogens is 1. The normalized spacial score (nSPS) is 20.8. The summed E-state index contributed by atoms with van der Waals surface area (Å²) in [4.78, 5) is 9.67. The van der Waals surface area contributed by atoms with Crippen LogP contribution in [0.15, 0.2) is 22.8 Å². The van der Waals surface area contributed by atoms with Gasteiger partial charge in [-0.3, -0.25) is 4.90 Å². The first kappa shape index (κ1) is 16.8. The van der Waals surface area contributed by atoms with Crippen LogP contribution in [0.4, 0.5) is 5.82 Å². The van der Waals surface area contributed by atoms with Crippen LogP contribution in [0.2, 0.25) is 0 Å². The van der Waals surface area contributed by atoms with Gasteiger partial charge in [-0.1, -0.05) is 39.2 Å². The molecule has 2 heterocycles. The van der Waals surface area contributed by atoms with E-state index in [1.54, 1.807) is 0 Å². The second kappa shape index (κ2) is 8.74. The van der Waals surface area contributed by atoms with E-state index in [1.165, 1.54) is 45.2 Å². The van der Waals surface area contributed by atoms with Gasteiger partial charge in [-0.05, 0) is 40.9 Å². The van der Waals surface area contributed by atoms with E-state index in [4.69, 9.17) is 0 Å². The number of hydrogen-bond acceptors (Lipinski definition) is 3. The summed E-state index contributed by atoms with van der Waals surface area (Å²) in [5.41, 5.74) is 0. The molecule has 2 fully saturated rings. The minimum absolute atomic E-state index is 0.853. The van der Waals surface area contributed by atoms with Crippen molar-refractivity contribution in [2.45, 2.75) is 52.0 Å². The molecule has 0 aromatic carbocycles. The molecule has 0 radical (unpaired) electrons. The van der Waals surface area contributed by atoms with Crippen molar-refractivity contribution in [1.29, 1.82) is 0 Å². The van der Waals surface area contributed by atoms with Crippen LogP contribution < -0.4 is 4.90 Å². The van der Waals surface area contributed by atoms with Crippen molar-refractivity contribution in [2.24, 2.45) is 0 Å². The van der Waals surface area contributed by atoms with Gasteiger partial charge < -0.3 is 4.90 Å². The molecule has 2 aliphatic rings. The highest BCUT2D eigenvalue weighted by Gasteiger charge is 2.25. The van der Waals surface area contributed by atoms with Crippen molar-refractivity contribution >= 4 is 21.7 Å².